The summed E-state index contributed by atoms with van der Waals surface area (Å²) in [4.78, 5) is 0. The van der Waals surface area contributed by atoms with Crippen molar-refractivity contribution in [2.45, 2.75) is 26.7 Å². The third-order valence-electron chi connectivity index (χ3n) is 4.59. The minimum absolute atomic E-state index is 0.206. The largest absolute Gasteiger partial charge is 0.466 e. The second-order valence-corrected chi connectivity index (χ2v) is 7.82. The van der Waals surface area contributed by atoms with E-state index in [2.05, 4.69) is 85.2 Å². The first kappa shape index (κ1) is 19.7. The zero-order valence-corrected chi connectivity index (χ0v) is 17.8. The highest BCUT2D eigenvalue weighted by molar-refractivity contribution is 9.10. The van der Waals surface area contributed by atoms with E-state index >= 15 is 0 Å². The van der Waals surface area contributed by atoms with Crippen molar-refractivity contribution in [3.8, 4) is 28.0 Å². The van der Waals surface area contributed by atoms with Gasteiger partial charge in [-0.05, 0) is 53.3 Å². The molecule has 0 spiro atoms. The highest BCUT2D eigenvalue weighted by Gasteiger charge is 2.19. The average molecular weight is 425 g/mol. The number of rotatable bonds is 6. The molecule has 0 amide bonds. The molecule has 0 aliphatic rings. The maximum absolute atomic E-state index is 6.13. The molecule has 0 radical (unpaired) electrons. The molecule has 27 heavy (non-hydrogen) atoms. The summed E-state index contributed by atoms with van der Waals surface area (Å²) in [7, 11) is 1.65. The first-order chi connectivity index (χ1) is 13.0. The molecule has 3 aromatic carbocycles. The summed E-state index contributed by atoms with van der Waals surface area (Å²) >= 11 is 3.69. The molecule has 140 valence electrons. The van der Waals surface area contributed by atoms with E-state index < -0.39 is 0 Å². The Morgan fingerprint density at radius 1 is 0.852 bits per heavy atom. The van der Waals surface area contributed by atoms with Crippen LogP contribution in [0.3, 0.4) is 0 Å². The van der Waals surface area contributed by atoms with Crippen molar-refractivity contribution in [1.29, 1.82) is 0 Å². The number of halogens is 1. The highest BCUT2D eigenvalue weighted by atomic mass is 79.9. The van der Waals surface area contributed by atoms with Gasteiger partial charge in [-0.3, -0.25) is 0 Å². The SMILES string of the molecule is COCOc1c(-c2ccccc2Br)cc(C)cc1-c1ccccc1C(C)C. The summed E-state index contributed by atoms with van der Waals surface area (Å²) in [5.41, 5.74) is 6.98. The van der Waals surface area contributed by atoms with Gasteiger partial charge in [0.15, 0.2) is 6.79 Å². The van der Waals surface area contributed by atoms with Crippen LogP contribution in [0, 0.1) is 6.92 Å². The fourth-order valence-corrected chi connectivity index (χ4v) is 3.87. The lowest BCUT2D eigenvalue weighted by Crippen LogP contribution is -2.04. The van der Waals surface area contributed by atoms with E-state index in [1.54, 1.807) is 7.11 Å². The maximum Gasteiger partial charge on any atom is 0.188 e. The third kappa shape index (κ3) is 4.26. The van der Waals surface area contributed by atoms with Crippen LogP contribution in [-0.4, -0.2) is 13.9 Å². The van der Waals surface area contributed by atoms with Gasteiger partial charge in [0.1, 0.15) is 5.75 Å². The van der Waals surface area contributed by atoms with Gasteiger partial charge >= 0.3 is 0 Å². The van der Waals surface area contributed by atoms with Crippen molar-refractivity contribution >= 4 is 15.9 Å². The van der Waals surface area contributed by atoms with Gasteiger partial charge in [-0.2, -0.15) is 0 Å². The van der Waals surface area contributed by atoms with Crippen LogP contribution in [0.15, 0.2) is 65.1 Å². The molecule has 0 N–H and O–H groups in total. The van der Waals surface area contributed by atoms with E-state index in [0.717, 1.165) is 26.9 Å². The second kappa shape index (κ2) is 8.73. The maximum atomic E-state index is 6.13. The number of methoxy groups -OCH3 is 1. The number of aryl methyl sites for hydroxylation is 1. The van der Waals surface area contributed by atoms with E-state index in [4.69, 9.17) is 9.47 Å². The zero-order valence-electron chi connectivity index (χ0n) is 16.3. The Bertz CT molecular complexity index is 931. The van der Waals surface area contributed by atoms with Crippen molar-refractivity contribution in [3.63, 3.8) is 0 Å². The molecule has 3 rings (SSSR count). The van der Waals surface area contributed by atoms with Gasteiger partial charge < -0.3 is 9.47 Å². The molecule has 0 aromatic heterocycles. The van der Waals surface area contributed by atoms with Crippen molar-refractivity contribution in [2.24, 2.45) is 0 Å². The fourth-order valence-electron chi connectivity index (χ4n) is 3.37. The summed E-state index contributed by atoms with van der Waals surface area (Å²) < 4.78 is 12.4. The molecule has 2 nitrogen and oxygen atoms in total. The topological polar surface area (TPSA) is 18.5 Å². The summed E-state index contributed by atoms with van der Waals surface area (Å²) in [5.74, 6) is 1.27. The molecule has 0 unspecified atom stereocenters. The number of benzene rings is 3. The van der Waals surface area contributed by atoms with Crippen LogP contribution in [-0.2, 0) is 4.74 Å². The van der Waals surface area contributed by atoms with E-state index in [0.29, 0.717) is 5.92 Å². The standard InChI is InChI=1S/C24H25BrO2/c1-16(2)18-9-5-6-10-19(18)21-13-17(3)14-22(24(21)27-15-26-4)20-11-7-8-12-23(20)25/h5-14,16H,15H2,1-4H3. The van der Waals surface area contributed by atoms with Crippen molar-refractivity contribution in [1.82, 2.24) is 0 Å². The van der Waals surface area contributed by atoms with Crippen LogP contribution >= 0.6 is 15.9 Å². The first-order valence-electron chi connectivity index (χ1n) is 9.13. The molecular formula is C24H25BrO2. The van der Waals surface area contributed by atoms with Crippen LogP contribution in [0.2, 0.25) is 0 Å². The summed E-state index contributed by atoms with van der Waals surface area (Å²) in [6, 6.07) is 21.2. The fraction of sp³-hybridized carbons (Fsp3) is 0.250. The number of hydrogen-bond acceptors (Lipinski definition) is 2. The van der Waals surface area contributed by atoms with Gasteiger partial charge in [-0.1, -0.05) is 72.2 Å². The van der Waals surface area contributed by atoms with Crippen LogP contribution < -0.4 is 4.74 Å². The van der Waals surface area contributed by atoms with E-state index in [-0.39, 0.29) is 6.79 Å². The van der Waals surface area contributed by atoms with Crippen LogP contribution in [0.4, 0.5) is 0 Å². The predicted molar refractivity (Wildman–Crippen MR) is 116 cm³/mol. The Labute approximate surface area is 170 Å². The van der Waals surface area contributed by atoms with E-state index in [9.17, 15) is 0 Å². The van der Waals surface area contributed by atoms with Gasteiger partial charge in [-0.15, -0.1) is 0 Å². The average Bonchev–Trinajstić information content (AvgIpc) is 2.67. The van der Waals surface area contributed by atoms with Crippen LogP contribution in [0.25, 0.3) is 22.3 Å². The molecule has 0 saturated heterocycles. The quantitative estimate of drug-likeness (QED) is 0.389. The Hall–Kier alpha value is -2.10. The molecule has 0 bridgehead atoms. The molecule has 0 aliphatic heterocycles. The molecule has 0 heterocycles. The molecular weight excluding hydrogens is 400 g/mol. The van der Waals surface area contributed by atoms with Crippen molar-refractivity contribution in [3.05, 3.63) is 76.3 Å². The molecule has 3 aromatic rings. The molecule has 0 aliphatic carbocycles. The van der Waals surface area contributed by atoms with Crippen molar-refractivity contribution in [2.75, 3.05) is 13.9 Å². The van der Waals surface area contributed by atoms with Crippen LogP contribution in [0.5, 0.6) is 5.75 Å². The minimum atomic E-state index is 0.206. The highest BCUT2D eigenvalue weighted by Crippen LogP contribution is 2.44. The Morgan fingerprint density at radius 2 is 1.44 bits per heavy atom. The normalized spacial score (nSPS) is 11.0. The Morgan fingerprint density at radius 3 is 2.07 bits per heavy atom. The lowest BCUT2D eigenvalue weighted by atomic mass is 9.89. The third-order valence-corrected chi connectivity index (χ3v) is 5.28. The first-order valence-corrected chi connectivity index (χ1v) is 9.92. The molecule has 3 heteroatoms. The van der Waals surface area contributed by atoms with Gasteiger partial charge in [0.2, 0.25) is 0 Å². The Balaban J connectivity index is 2.31. The molecule has 0 atom stereocenters. The second-order valence-electron chi connectivity index (χ2n) is 6.96. The number of hydrogen-bond donors (Lipinski definition) is 0. The predicted octanol–water partition coefficient (Wildman–Crippen LogP) is 7.20. The van der Waals surface area contributed by atoms with E-state index in [1.807, 2.05) is 12.1 Å². The zero-order chi connectivity index (χ0) is 19.4. The number of ether oxygens (including phenoxy) is 2. The van der Waals surface area contributed by atoms with Gasteiger partial charge in [0.25, 0.3) is 0 Å². The monoisotopic (exact) mass is 424 g/mol. The lowest BCUT2D eigenvalue weighted by molar-refractivity contribution is 0.0519. The van der Waals surface area contributed by atoms with E-state index in [1.165, 1.54) is 16.7 Å². The lowest BCUT2D eigenvalue weighted by Gasteiger charge is -2.20. The molecule has 0 fully saturated rings. The molecule has 0 saturated carbocycles. The summed E-state index contributed by atoms with van der Waals surface area (Å²) in [5, 5.41) is 0. The smallest absolute Gasteiger partial charge is 0.188 e. The summed E-state index contributed by atoms with van der Waals surface area (Å²) in [6.07, 6.45) is 0. The minimum Gasteiger partial charge on any atom is -0.466 e. The Kier molecular flexibility index (Phi) is 6.35. The van der Waals surface area contributed by atoms with Gasteiger partial charge in [0, 0.05) is 22.7 Å². The van der Waals surface area contributed by atoms with Gasteiger partial charge in [0.05, 0.1) is 0 Å². The van der Waals surface area contributed by atoms with Crippen molar-refractivity contribution < 1.29 is 9.47 Å². The summed E-state index contributed by atoms with van der Waals surface area (Å²) in [6.45, 7) is 6.78. The van der Waals surface area contributed by atoms with Crippen LogP contribution in [0.1, 0.15) is 30.9 Å². The van der Waals surface area contributed by atoms with Gasteiger partial charge in [-0.25, -0.2) is 0 Å².